The molecule has 0 saturated heterocycles. The van der Waals surface area contributed by atoms with E-state index in [1.165, 1.54) is 6.92 Å². The second-order valence-electron chi connectivity index (χ2n) is 3.53. The molecule has 2 amide bonds. The molecule has 80 valence electrons. The highest BCUT2D eigenvalue weighted by Gasteiger charge is 2.15. The predicted molar refractivity (Wildman–Crippen MR) is 55.7 cm³/mol. The molecule has 14 heavy (non-hydrogen) atoms. The molecule has 0 aromatic rings. The van der Waals surface area contributed by atoms with Crippen LogP contribution in [-0.2, 0) is 9.59 Å². The summed E-state index contributed by atoms with van der Waals surface area (Å²) in [4.78, 5) is 22.0. The topological polar surface area (TPSA) is 58.2 Å². The third-order valence-corrected chi connectivity index (χ3v) is 1.93. The average Bonchev–Trinajstić information content (AvgIpc) is 2.02. The van der Waals surface area contributed by atoms with E-state index >= 15 is 0 Å². The summed E-state index contributed by atoms with van der Waals surface area (Å²) < 4.78 is 0. The van der Waals surface area contributed by atoms with Crippen LogP contribution in [0.15, 0.2) is 12.2 Å². The van der Waals surface area contributed by atoms with Crippen molar-refractivity contribution >= 4 is 11.8 Å². The maximum Gasteiger partial charge on any atom is 0.246 e. The van der Waals surface area contributed by atoms with Crippen LogP contribution in [0.25, 0.3) is 0 Å². The molecule has 0 aromatic heterocycles. The normalized spacial score (nSPS) is 14.0. The van der Waals surface area contributed by atoms with E-state index in [2.05, 4.69) is 17.2 Å². The summed E-state index contributed by atoms with van der Waals surface area (Å²) in [5.41, 5.74) is 0.465. The number of hydrogen-bond donors (Lipinski definition) is 2. The monoisotopic (exact) mass is 198 g/mol. The molecule has 2 unspecified atom stereocenters. The molecule has 0 aliphatic heterocycles. The molecule has 4 heteroatoms. The largest absolute Gasteiger partial charge is 0.352 e. The Morgan fingerprint density at radius 3 is 1.86 bits per heavy atom. The fourth-order valence-corrected chi connectivity index (χ4v) is 0.901. The van der Waals surface area contributed by atoms with Crippen LogP contribution in [-0.4, -0.2) is 23.9 Å². The van der Waals surface area contributed by atoms with Crippen molar-refractivity contribution < 1.29 is 9.59 Å². The zero-order chi connectivity index (χ0) is 11.3. The molecule has 0 fully saturated rings. The van der Waals surface area contributed by atoms with E-state index in [0.29, 0.717) is 5.57 Å². The fourth-order valence-electron chi connectivity index (χ4n) is 0.901. The van der Waals surface area contributed by atoms with Crippen LogP contribution in [0.3, 0.4) is 0 Å². The minimum atomic E-state index is -0.185. The lowest BCUT2D eigenvalue weighted by molar-refractivity contribution is -0.121. The molecule has 0 saturated carbocycles. The molecule has 2 atom stereocenters. The van der Waals surface area contributed by atoms with Gasteiger partial charge >= 0.3 is 0 Å². The third kappa shape index (κ3) is 4.64. The van der Waals surface area contributed by atoms with E-state index in [0.717, 1.165) is 0 Å². The van der Waals surface area contributed by atoms with Gasteiger partial charge in [0.2, 0.25) is 11.8 Å². The van der Waals surface area contributed by atoms with Crippen LogP contribution in [0.1, 0.15) is 27.7 Å². The molecule has 0 spiro atoms. The second kappa shape index (κ2) is 5.42. The van der Waals surface area contributed by atoms with Crippen molar-refractivity contribution in [3.05, 3.63) is 12.2 Å². The summed E-state index contributed by atoms with van der Waals surface area (Å²) >= 11 is 0. The Morgan fingerprint density at radius 2 is 1.50 bits per heavy atom. The summed E-state index contributed by atoms with van der Waals surface area (Å²) in [5.74, 6) is -0.288. The number of amides is 2. The van der Waals surface area contributed by atoms with Crippen LogP contribution in [0.4, 0.5) is 0 Å². The maximum absolute atomic E-state index is 11.2. The maximum atomic E-state index is 11.2. The first-order valence-corrected chi connectivity index (χ1v) is 4.58. The van der Waals surface area contributed by atoms with Gasteiger partial charge in [0.15, 0.2) is 0 Å². The van der Waals surface area contributed by atoms with Crippen LogP contribution < -0.4 is 10.6 Å². The molecule has 0 aliphatic rings. The summed E-state index contributed by atoms with van der Waals surface area (Å²) in [7, 11) is 0. The van der Waals surface area contributed by atoms with Gasteiger partial charge in [0, 0.05) is 24.6 Å². The number of hydrogen-bond acceptors (Lipinski definition) is 2. The highest BCUT2D eigenvalue weighted by Crippen LogP contribution is 1.94. The van der Waals surface area contributed by atoms with E-state index in [-0.39, 0.29) is 23.9 Å². The number of carbonyl (C=O) groups excluding carboxylic acids is 2. The first-order valence-electron chi connectivity index (χ1n) is 4.58. The first-order chi connectivity index (χ1) is 6.34. The summed E-state index contributed by atoms with van der Waals surface area (Å²) in [6, 6.07) is -0.195. The Hall–Kier alpha value is -1.32. The van der Waals surface area contributed by atoms with E-state index < -0.39 is 0 Å². The quantitative estimate of drug-likeness (QED) is 0.650. The van der Waals surface area contributed by atoms with Gasteiger partial charge in [-0.1, -0.05) is 6.58 Å². The predicted octanol–water partition coefficient (Wildman–Crippen LogP) is 0.592. The lowest BCUT2D eigenvalue weighted by Gasteiger charge is -2.21. The van der Waals surface area contributed by atoms with Gasteiger partial charge in [0.25, 0.3) is 0 Å². The Labute approximate surface area is 84.8 Å². The van der Waals surface area contributed by atoms with Gasteiger partial charge in [0.05, 0.1) is 0 Å². The summed E-state index contributed by atoms with van der Waals surface area (Å²) in [6.07, 6.45) is 0. The minimum Gasteiger partial charge on any atom is -0.352 e. The van der Waals surface area contributed by atoms with Crippen LogP contribution in [0.5, 0.6) is 0 Å². The molecule has 0 aromatic carbocycles. The summed E-state index contributed by atoms with van der Waals surface area (Å²) in [6.45, 7) is 10.3. The second-order valence-corrected chi connectivity index (χ2v) is 3.53. The standard InChI is InChI=1S/C10H18N2O2/c1-6(2)10(14)12-8(4)7(3)11-9(5)13/h7-8H,1H2,2-5H3,(H,11,13)(H,12,14). The van der Waals surface area contributed by atoms with Crippen molar-refractivity contribution in [2.75, 3.05) is 0 Å². The SMILES string of the molecule is C=C(C)C(=O)NC(C)C(C)NC(C)=O. The zero-order valence-corrected chi connectivity index (χ0v) is 9.18. The molecule has 0 aliphatic carbocycles. The Bertz CT molecular complexity index is 249. The van der Waals surface area contributed by atoms with Crippen molar-refractivity contribution in [2.24, 2.45) is 0 Å². The van der Waals surface area contributed by atoms with Gasteiger partial charge in [0.1, 0.15) is 0 Å². The van der Waals surface area contributed by atoms with Crippen molar-refractivity contribution in [2.45, 2.75) is 39.8 Å². The highest BCUT2D eigenvalue weighted by molar-refractivity contribution is 5.92. The summed E-state index contributed by atoms with van der Waals surface area (Å²) in [5, 5.41) is 5.43. The van der Waals surface area contributed by atoms with E-state index in [1.807, 2.05) is 13.8 Å². The molecule has 0 heterocycles. The first kappa shape index (κ1) is 12.7. The fraction of sp³-hybridized carbons (Fsp3) is 0.600. The van der Waals surface area contributed by atoms with E-state index in [4.69, 9.17) is 0 Å². The number of rotatable bonds is 4. The Kier molecular flexibility index (Phi) is 4.91. The van der Waals surface area contributed by atoms with Gasteiger partial charge in [-0.3, -0.25) is 9.59 Å². The highest BCUT2D eigenvalue weighted by atomic mass is 16.2. The van der Waals surface area contributed by atoms with Gasteiger partial charge in [-0.15, -0.1) is 0 Å². The lowest BCUT2D eigenvalue weighted by Crippen LogP contribution is -2.48. The van der Waals surface area contributed by atoms with E-state index in [9.17, 15) is 9.59 Å². The van der Waals surface area contributed by atoms with Crippen molar-refractivity contribution in [3.8, 4) is 0 Å². The molecule has 0 radical (unpaired) electrons. The minimum absolute atomic E-state index is 0.0872. The van der Waals surface area contributed by atoms with Gasteiger partial charge < -0.3 is 10.6 Å². The number of carbonyl (C=O) groups is 2. The molecule has 4 nitrogen and oxygen atoms in total. The van der Waals surface area contributed by atoms with Gasteiger partial charge in [-0.2, -0.15) is 0 Å². The van der Waals surface area contributed by atoms with Gasteiger partial charge in [-0.05, 0) is 20.8 Å². The molecule has 2 N–H and O–H groups in total. The van der Waals surface area contributed by atoms with Crippen LogP contribution >= 0.6 is 0 Å². The molecule has 0 rings (SSSR count). The molecule has 0 bridgehead atoms. The Morgan fingerprint density at radius 1 is 1.07 bits per heavy atom. The van der Waals surface area contributed by atoms with E-state index in [1.54, 1.807) is 6.92 Å². The van der Waals surface area contributed by atoms with Crippen molar-refractivity contribution in [1.82, 2.24) is 10.6 Å². The molecular weight excluding hydrogens is 180 g/mol. The average molecular weight is 198 g/mol. The van der Waals surface area contributed by atoms with Crippen LogP contribution in [0.2, 0.25) is 0 Å². The lowest BCUT2D eigenvalue weighted by atomic mass is 10.1. The van der Waals surface area contributed by atoms with Crippen molar-refractivity contribution in [1.29, 1.82) is 0 Å². The van der Waals surface area contributed by atoms with Crippen molar-refractivity contribution in [3.63, 3.8) is 0 Å². The zero-order valence-electron chi connectivity index (χ0n) is 9.18. The smallest absolute Gasteiger partial charge is 0.246 e. The van der Waals surface area contributed by atoms with Gasteiger partial charge in [-0.25, -0.2) is 0 Å². The van der Waals surface area contributed by atoms with Crippen LogP contribution in [0, 0.1) is 0 Å². The number of nitrogens with one attached hydrogen (secondary N) is 2. The third-order valence-electron chi connectivity index (χ3n) is 1.93. The molecular formula is C10H18N2O2. The Balaban J connectivity index is 4.07.